The average molecular weight is 524 g/mol. The predicted octanol–water partition coefficient (Wildman–Crippen LogP) is 5.85. The minimum absolute atomic E-state index is 0.0864. The normalized spacial score (nSPS) is 11.1. The van der Waals surface area contributed by atoms with Crippen molar-refractivity contribution in [2.24, 2.45) is 0 Å². The van der Waals surface area contributed by atoms with E-state index >= 15 is 0 Å². The number of carbonyl (C=O) groups excluding carboxylic acids is 2. The lowest BCUT2D eigenvalue weighted by molar-refractivity contribution is -0.137. The van der Waals surface area contributed by atoms with E-state index in [9.17, 15) is 22.8 Å². The molecule has 0 aliphatic rings. The second kappa shape index (κ2) is 10.8. The first-order valence-corrected chi connectivity index (χ1v) is 12.0. The van der Waals surface area contributed by atoms with Crippen molar-refractivity contribution in [1.82, 2.24) is 14.8 Å². The van der Waals surface area contributed by atoms with Gasteiger partial charge in [0.05, 0.1) is 36.2 Å². The average Bonchev–Trinajstić information content (AvgIpc) is 3.53. The summed E-state index contributed by atoms with van der Waals surface area (Å²) in [5.41, 5.74) is 1.40. The van der Waals surface area contributed by atoms with Crippen LogP contribution in [0.4, 0.5) is 13.2 Å². The highest BCUT2D eigenvalue weighted by molar-refractivity contribution is 7.09. The van der Waals surface area contributed by atoms with Crippen LogP contribution in [0.3, 0.4) is 0 Å². The van der Waals surface area contributed by atoms with Crippen molar-refractivity contribution in [3.8, 4) is 23.1 Å². The summed E-state index contributed by atoms with van der Waals surface area (Å²) in [7, 11) is 0. The zero-order valence-corrected chi connectivity index (χ0v) is 20.6. The summed E-state index contributed by atoms with van der Waals surface area (Å²) >= 11 is 1.27. The number of alkyl halides is 3. The molecule has 0 aliphatic heterocycles. The van der Waals surface area contributed by atoms with E-state index in [2.05, 4.69) is 21.9 Å². The van der Waals surface area contributed by atoms with Crippen molar-refractivity contribution in [2.75, 3.05) is 6.61 Å². The first kappa shape index (κ1) is 25.9. The van der Waals surface area contributed by atoms with Crippen molar-refractivity contribution < 1.29 is 27.5 Å². The van der Waals surface area contributed by atoms with Crippen molar-refractivity contribution in [2.45, 2.75) is 26.6 Å². The van der Waals surface area contributed by atoms with E-state index < -0.39 is 17.7 Å². The summed E-state index contributed by atoms with van der Waals surface area (Å²) in [6, 6.07) is 10.1. The molecule has 2 aromatic heterocycles. The molecule has 0 saturated carbocycles. The second-order valence-electron chi connectivity index (χ2n) is 7.95. The highest BCUT2D eigenvalue weighted by Crippen LogP contribution is 2.34. The number of ketones is 1. The molecule has 0 amide bonds. The van der Waals surface area contributed by atoms with Crippen LogP contribution in [-0.2, 0) is 17.5 Å². The molecule has 0 unspecified atom stereocenters. The summed E-state index contributed by atoms with van der Waals surface area (Å²) in [6.45, 7) is 3.64. The Kier molecular flexibility index (Phi) is 7.55. The fourth-order valence-corrected chi connectivity index (χ4v) is 4.16. The lowest BCUT2D eigenvalue weighted by Crippen LogP contribution is -2.05. The molecule has 37 heavy (non-hydrogen) atoms. The number of hydrogen-bond donors (Lipinski definition) is 0. The molecule has 6 nitrogen and oxygen atoms in total. The fourth-order valence-electron chi connectivity index (χ4n) is 3.37. The smallest absolute Gasteiger partial charge is 0.416 e. The van der Waals surface area contributed by atoms with Crippen molar-refractivity contribution >= 4 is 23.1 Å². The Morgan fingerprint density at radius 1 is 1.05 bits per heavy atom. The monoisotopic (exact) mass is 523 g/mol. The van der Waals surface area contributed by atoms with Gasteiger partial charge in [0.15, 0.2) is 5.78 Å². The number of thiazole rings is 1. The van der Waals surface area contributed by atoms with E-state index in [1.807, 2.05) is 0 Å². The SMILES string of the molecule is CCOC(=O)c1cnn(Cc2nc(-c3cc(C#Cc4ccc(C(C)=O)cc4)cc(C(F)(F)F)c3)cs2)c1. The van der Waals surface area contributed by atoms with Crippen LogP contribution in [-0.4, -0.2) is 33.1 Å². The van der Waals surface area contributed by atoms with E-state index in [1.54, 1.807) is 42.6 Å². The van der Waals surface area contributed by atoms with Gasteiger partial charge in [-0.25, -0.2) is 9.78 Å². The van der Waals surface area contributed by atoms with Gasteiger partial charge in [0.25, 0.3) is 0 Å². The van der Waals surface area contributed by atoms with Gasteiger partial charge >= 0.3 is 12.1 Å². The number of rotatable bonds is 6. The third-order valence-electron chi connectivity index (χ3n) is 5.19. The Labute approximate surface area is 214 Å². The summed E-state index contributed by atoms with van der Waals surface area (Å²) in [6.07, 6.45) is -1.65. The van der Waals surface area contributed by atoms with Crippen LogP contribution in [0.2, 0.25) is 0 Å². The van der Waals surface area contributed by atoms with Gasteiger partial charge in [-0.3, -0.25) is 9.48 Å². The maximum absolute atomic E-state index is 13.6. The minimum Gasteiger partial charge on any atom is -0.462 e. The summed E-state index contributed by atoms with van der Waals surface area (Å²) < 4.78 is 47.3. The molecule has 10 heteroatoms. The van der Waals surface area contributed by atoms with Crippen molar-refractivity contribution in [3.05, 3.63) is 93.1 Å². The van der Waals surface area contributed by atoms with Crippen LogP contribution in [0.1, 0.15) is 56.3 Å². The number of halogens is 3. The third kappa shape index (κ3) is 6.51. The van der Waals surface area contributed by atoms with Crippen LogP contribution < -0.4 is 0 Å². The number of nitrogens with zero attached hydrogens (tertiary/aromatic N) is 3. The fraction of sp³-hybridized carbons (Fsp3) is 0.185. The molecule has 2 heterocycles. The Hall–Kier alpha value is -4.23. The molecule has 0 N–H and O–H groups in total. The van der Waals surface area contributed by atoms with Gasteiger partial charge in [0.1, 0.15) is 5.01 Å². The largest absolute Gasteiger partial charge is 0.462 e. The zero-order chi connectivity index (χ0) is 26.6. The Morgan fingerprint density at radius 3 is 2.46 bits per heavy atom. The van der Waals surface area contributed by atoms with E-state index in [-0.39, 0.29) is 30.1 Å². The lowest BCUT2D eigenvalue weighted by Gasteiger charge is -2.09. The van der Waals surface area contributed by atoms with E-state index in [1.165, 1.54) is 35.3 Å². The minimum atomic E-state index is -4.56. The summed E-state index contributed by atoms with van der Waals surface area (Å²) in [4.78, 5) is 27.7. The number of carbonyl (C=O) groups is 2. The van der Waals surface area contributed by atoms with Gasteiger partial charge in [-0.05, 0) is 44.2 Å². The van der Waals surface area contributed by atoms with Crippen LogP contribution in [0, 0.1) is 11.8 Å². The van der Waals surface area contributed by atoms with Gasteiger partial charge in [0, 0.05) is 33.8 Å². The molecule has 0 spiro atoms. The summed E-state index contributed by atoms with van der Waals surface area (Å²) in [5.74, 6) is 5.06. The quantitative estimate of drug-likeness (QED) is 0.180. The van der Waals surface area contributed by atoms with Gasteiger partial charge in [-0.15, -0.1) is 11.3 Å². The first-order chi connectivity index (χ1) is 17.6. The van der Waals surface area contributed by atoms with Gasteiger partial charge in [0.2, 0.25) is 0 Å². The van der Waals surface area contributed by atoms with E-state index in [0.717, 1.165) is 12.1 Å². The Balaban J connectivity index is 1.60. The molecule has 0 atom stereocenters. The summed E-state index contributed by atoms with van der Waals surface area (Å²) in [5, 5.41) is 6.39. The molecule has 2 aromatic carbocycles. The molecule has 0 aliphatic carbocycles. The zero-order valence-electron chi connectivity index (χ0n) is 19.8. The lowest BCUT2D eigenvalue weighted by atomic mass is 10.0. The molecule has 4 aromatic rings. The molecule has 0 fully saturated rings. The van der Waals surface area contributed by atoms with Crippen LogP contribution in [0.25, 0.3) is 11.3 Å². The number of aromatic nitrogens is 3. The molecule has 0 saturated heterocycles. The topological polar surface area (TPSA) is 74.1 Å². The predicted molar refractivity (Wildman–Crippen MR) is 132 cm³/mol. The van der Waals surface area contributed by atoms with Gasteiger partial charge in [-0.2, -0.15) is 18.3 Å². The van der Waals surface area contributed by atoms with Crippen molar-refractivity contribution in [3.63, 3.8) is 0 Å². The Bertz CT molecular complexity index is 1510. The maximum Gasteiger partial charge on any atom is 0.416 e. The molecular weight excluding hydrogens is 503 g/mol. The Morgan fingerprint density at radius 2 is 1.78 bits per heavy atom. The number of Topliss-reactive ketones (excluding diaryl/α,β-unsaturated/α-hetero) is 1. The van der Waals surface area contributed by atoms with Crippen LogP contribution in [0.15, 0.2) is 60.2 Å². The molecule has 188 valence electrons. The molecule has 0 radical (unpaired) electrons. The number of ether oxygens (including phenoxy) is 1. The van der Waals surface area contributed by atoms with Crippen LogP contribution in [0.5, 0.6) is 0 Å². The van der Waals surface area contributed by atoms with Gasteiger partial charge < -0.3 is 4.74 Å². The number of benzene rings is 2. The highest BCUT2D eigenvalue weighted by atomic mass is 32.1. The molecule has 0 bridgehead atoms. The molecule has 4 rings (SSSR count). The highest BCUT2D eigenvalue weighted by Gasteiger charge is 2.31. The van der Waals surface area contributed by atoms with E-state index in [4.69, 9.17) is 4.74 Å². The maximum atomic E-state index is 13.6. The molecular formula is C27H20F3N3O3S. The van der Waals surface area contributed by atoms with Crippen molar-refractivity contribution in [1.29, 1.82) is 0 Å². The first-order valence-electron chi connectivity index (χ1n) is 11.1. The standard InChI is InChI=1S/C27H20F3N3O3S/c1-3-36-26(35)22-13-31-33(14-22)15-25-32-24(16-37-25)21-10-19(11-23(12-21)27(28,29)30)5-4-18-6-8-20(9-7-18)17(2)34/h6-14,16H,3,15H2,1-2H3. The van der Waals surface area contributed by atoms with Crippen LogP contribution >= 0.6 is 11.3 Å². The number of esters is 1. The number of hydrogen-bond acceptors (Lipinski definition) is 6. The second-order valence-corrected chi connectivity index (χ2v) is 8.90. The van der Waals surface area contributed by atoms with E-state index in [0.29, 0.717) is 27.4 Å². The van der Waals surface area contributed by atoms with Gasteiger partial charge in [-0.1, -0.05) is 24.0 Å². The third-order valence-corrected chi connectivity index (χ3v) is 6.03.